The predicted molar refractivity (Wildman–Crippen MR) is 68.8 cm³/mol. The first kappa shape index (κ1) is 13.9. The van der Waals surface area contributed by atoms with Crippen molar-refractivity contribution in [2.45, 2.75) is 13.5 Å². The third-order valence-corrected chi connectivity index (χ3v) is 2.57. The Bertz CT molecular complexity index is 617. The number of carbonyl (C=O) groups excluding carboxylic acids is 1. The lowest BCUT2D eigenvalue weighted by atomic mass is 10.2. The minimum atomic E-state index is -0.738. The number of methoxy groups -OCH3 is 1. The Morgan fingerprint density at radius 1 is 1.25 bits per heavy atom. The first-order chi connectivity index (χ1) is 9.61. The first-order valence-corrected chi connectivity index (χ1v) is 5.91. The molecule has 0 aliphatic heterocycles. The van der Waals surface area contributed by atoms with E-state index in [0.29, 0.717) is 0 Å². The summed E-state index contributed by atoms with van der Waals surface area (Å²) in [6.45, 7) is 1.58. The summed E-state index contributed by atoms with van der Waals surface area (Å²) in [4.78, 5) is 18.8. The van der Waals surface area contributed by atoms with Crippen LogP contribution in [0.1, 0.15) is 21.9 Å². The second kappa shape index (κ2) is 6.10. The molecule has 0 fully saturated rings. The molecule has 6 heteroatoms. The number of rotatable bonds is 4. The van der Waals surface area contributed by atoms with Gasteiger partial charge in [-0.2, -0.15) is 9.37 Å². The van der Waals surface area contributed by atoms with E-state index < -0.39 is 11.8 Å². The molecular weight excluding hydrogens is 263 g/mol. The fourth-order valence-electron chi connectivity index (χ4n) is 1.54. The van der Waals surface area contributed by atoms with Crippen molar-refractivity contribution in [3.63, 3.8) is 0 Å². The van der Waals surface area contributed by atoms with Crippen molar-refractivity contribution >= 4 is 5.97 Å². The molecule has 0 atom stereocenters. The SMILES string of the molecule is COC(=O)c1nc(C)c(F)c(OCc2ccccc2)n1. The van der Waals surface area contributed by atoms with E-state index in [9.17, 15) is 9.18 Å². The number of esters is 1. The van der Waals surface area contributed by atoms with Gasteiger partial charge < -0.3 is 9.47 Å². The minimum Gasteiger partial charge on any atom is -0.471 e. The highest BCUT2D eigenvalue weighted by Gasteiger charge is 2.17. The maximum Gasteiger partial charge on any atom is 0.376 e. The van der Waals surface area contributed by atoms with Crippen molar-refractivity contribution in [1.82, 2.24) is 9.97 Å². The van der Waals surface area contributed by atoms with E-state index in [1.165, 1.54) is 14.0 Å². The van der Waals surface area contributed by atoms with E-state index >= 15 is 0 Å². The van der Waals surface area contributed by atoms with E-state index in [1.807, 2.05) is 30.3 Å². The summed E-state index contributed by atoms with van der Waals surface area (Å²) < 4.78 is 23.7. The fraction of sp³-hybridized carbons (Fsp3) is 0.214. The molecule has 2 rings (SSSR count). The van der Waals surface area contributed by atoms with Crippen molar-refractivity contribution in [3.05, 3.63) is 53.2 Å². The molecule has 0 radical (unpaired) electrons. The summed E-state index contributed by atoms with van der Waals surface area (Å²) >= 11 is 0. The molecule has 1 aromatic heterocycles. The molecule has 0 amide bonds. The summed E-state index contributed by atoms with van der Waals surface area (Å²) in [5.74, 6) is -1.91. The average Bonchev–Trinajstić information content (AvgIpc) is 2.48. The number of benzene rings is 1. The van der Waals surface area contributed by atoms with Crippen molar-refractivity contribution in [2.75, 3.05) is 7.11 Å². The minimum absolute atomic E-state index is 0.0310. The van der Waals surface area contributed by atoms with Crippen LogP contribution in [0, 0.1) is 12.7 Å². The van der Waals surface area contributed by atoms with Gasteiger partial charge in [0.05, 0.1) is 12.8 Å². The number of nitrogens with zero attached hydrogens (tertiary/aromatic N) is 2. The molecule has 5 nitrogen and oxygen atoms in total. The number of hydrogen-bond donors (Lipinski definition) is 0. The number of carbonyl (C=O) groups is 1. The molecule has 0 bridgehead atoms. The third-order valence-electron chi connectivity index (χ3n) is 2.57. The first-order valence-electron chi connectivity index (χ1n) is 5.91. The summed E-state index contributed by atoms with van der Waals surface area (Å²) in [5.41, 5.74) is 0.895. The van der Waals surface area contributed by atoms with Crippen LogP contribution in [0.25, 0.3) is 0 Å². The predicted octanol–water partition coefficient (Wildman–Crippen LogP) is 2.29. The molecule has 0 saturated carbocycles. The van der Waals surface area contributed by atoms with E-state index in [1.54, 1.807) is 0 Å². The average molecular weight is 276 g/mol. The zero-order valence-electron chi connectivity index (χ0n) is 11.1. The van der Waals surface area contributed by atoms with Gasteiger partial charge in [0.25, 0.3) is 5.88 Å². The standard InChI is InChI=1S/C14H13FN2O3/c1-9-11(15)13(17-12(16-9)14(18)19-2)20-8-10-6-4-3-5-7-10/h3-7H,8H2,1-2H3. The van der Waals surface area contributed by atoms with Gasteiger partial charge in [-0.1, -0.05) is 30.3 Å². The van der Waals surface area contributed by atoms with Crippen molar-refractivity contribution in [3.8, 4) is 5.88 Å². The molecule has 0 spiro atoms. The molecule has 0 unspecified atom stereocenters. The summed E-state index contributed by atoms with van der Waals surface area (Å²) in [6.07, 6.45) is 0. The van der Waals surface area contributed by atoms with Gasteiger partial charge in [0.2, 0.25) is 11.6 Å². The Morgan fingerprint density at radius 2 is 1.95 bits per heavy atom. The molecule has 20 heavy (non-hydrogen) atoms. The molecule has 2 aromatic rings. The molecule has 104 valence electrons. The van der Waals surface area contributed by atoms with Gasteiger partial charge in [0.15, 0.2) is 0 Å². The van der Waals surface area contributed by atoms with Crippen LogP contribution in [-0.4, -0.2) is 23.0 Å². The number of ether oxygens (including phenoxy) is 2. The van der Waals surface area contributed by atoms with Crippen LogP contribution in [0.5, 0.6) is 5.88 Å². The van der Waals surface area contributed by atoms with Gasteiger partial charge in [0.1, 0.15) is 6.61 Å². The van der Waals surface area contributed by atoms with Crippen molar-refractivity contribution in [2.24, 2.45) is 0 Å². The van der Waals surface area contributed by atoms with Crippen molar-refractivity contribution in [1.29, 1.82) is 0 Å². The maximum absolute atomic E-state index is 13.8. The van der Waals surface area contributed by atoms with Gasteiger partial charge in [-0.25, -0.2) is 9.78 Å². The van der Waals surface area contributed by atoms with Crippen LogP contribution in [0.2, 0.25) is 0 Å². The lowest BCUT2D eigenvalue weighted by molar-refractivity contribution is 0.0584. The fourth-order valence-corrected chi connectivity index (χ4v) is 1.54. The second-order valence-electron chi connectivity index (χ2n) is 4.02. The number of aromatic nitrogens is 2. The van der Waals surface area contributed by atoms with E-state index in [2.05, 4.69) is 14.7 Å². The zero-order chi connectivity index (χ0) is 14.5. The highest BCUT2D eigenvalue weighted by atomic mass is 19.1. The zero-order valence-corrected chi connectivity index (χ0v) is 11.1. The number of aryl methyl sites for hydroxylation is 1. The van der Waals surface area contributed by atoms with Crippen LogP contribution in [0.15, 0.2) is 30.3 Å². The Morgan fingerprint density at radius 3 is 2.60 bits per heavy atom. The van der Waals surface area contributed by atoms with Gasteiger partial charge in [-0.3, -0.25) is 0 Å². The Labute approximate surface area is 115 Å². The van der Waals surface area contributed by atoms with Crippen LogP contribution in [0.3, 0.4) is 0 Å². The Kier molecular flexibility index (Phi) is 4.24. The van der Waals surface area contributed by atoms with Crippen LogP contribution in [-0.2, 0) is 11.3 Å². The lowest BCUT2D eigenvalue weighted by Gasteiger charge is -2.08. The van der Waals surface area contributed by atoms with E-state index in [0.717, 1.165) is 5.56 Å². The van der Waals surface area contributed by atoms with Crippen LogP contribution in [0.4, 0.5) is 4.39 Å². The largest absolute Gasteiger partial charge is 0.471 e. The highest BCUT2D eigenvalue weighted by Crippen LogP contribution is 2.18. The van der Waals surface area contributed by atoms with Gasteiger partial charge in [-0.05, 0) is 12.5 Å². The van der Waals surface area contributed by atoms with E-state index in [-0.39, 0.29) is 24.0 Å². The molecule has 0 N–H and O–H groups in total. The van der Waals surface area contributed by atoms with Gasteiger partial charge >= 0.3 is 5.97 Å². The van der Waals surface area contributed by atoms with Crippen LogP contribution >= 0.6 is 0 Å². The summed E-state index contributed by atoms with van der Waals surface area (Å²) in [5, 5.41) is 0. The van der Waals surface area contributed by atoms with Gasteiger partial charge in [-0.15, -0.1) is 0 Å². The highest BCUT2D eigenvalue weighted by molar-refractivity contribution is 5.85. The molecule has 1 aromatic carbocycles. The topological polar surface area (TPSA) is 61.3 Å². The van der Waals surface area contributed by atoms with Crippen LogP contribution < -0.4 is 4.74 Å². The number of halogens is 1. The summed E-state index contributed by atoms with van der Waals surface area (Å²) in [6, 6.07) is 9.24. The lowest BCUT2D eigenvalue weighted by Crippen LogP contribution is -2.12. The Hall–Kier alpha value is -2.50. The van der Waals surface area contributed by atoms with E-state index in [4.69, 9.17) is 4.74 Å². The quantitative estimate of drug-likeness (QED) is 0.802. The monoisotopic (exact) mass is 276 g/mol. The maximum atomic E-state index is 13.8. The Balaban J connectivity index is 2.22. The molecule has 0 saturated heterocycles. The summed E-state index contributed by atoms with van der Waals surface area (Å²) in [7, 11) is 1.20. The van der Waals surface area contributed by atoms with Gasteiger partial charge in [0, 0.05) is 0 Å². The smallest absolute Gasteiger partial charge is 0.376 e. The molecule has 0 aliphatic carbocycles. The normalized spacial score (nSPS) is 10.2. The number of hydrogen-bond acceptors (Lipinski definition) is 5. The second-order valence-corrected chi connectivity index (χ2v) is 4.02. The molecule has 1 heterocycles. The molecule has 0 aliphatic rings. The third kappa shape index (κ3) is 3.09. The van der Waals surface area contributed by atoms with Crippen molar-refractivity contribution < 1.29 is 18.7 Å². The molecular formula is C14H13FN2O3.